The maximum absolute atomic E-state index is 11.6. The Kier molecular flexibility index (Phi) is 5.14. The van der Waals surface area contributed by atoms with Gasteiger partial charge >= 0.3 is 5.97 Å². The number of carbonyl (C=O) groups is 1. The molecular formula is C27H26O4. The molecule has 2 aliphatic rings. The molecule has 4 nitrogen and oxygen atoms in total. The van der Waals surface area contributed by atoms with Gasteiger partial charge < -0.3 is 14.2 Å². The van der Waals surface area contributed by atoms with Crippen LogP contribution in [0.1, 0.15) is 47.1 Å². The smallest absolute Gasteiger partial charge is 0.306 e. The van der Waals surface area contributed by atoms with Gasteiger partial charge in [0.1, 0.15) is 17.6 Å². The number of esters is 1. The number of rotatable bonds is 5. The van der Waals surface area contributed by atoms with Gasteiger partial charge in [-0.2, -0.15) is 0 Å². The fourth-order valence-electron chi connectivity index (χ4n) is 4.81. The van der Waals surface area contributed by atoms with Crippen LogP contribution in [0.3, 0.4) is 0 Å². The third-order valence-corrected chi connectivity index (χ3v) is 6.43. The first kappa shape index (κ1) is 19.7. The van der Waals surface area contributed by atoms with Gasteiger partial charge in [-0.3, -0.25) is 4.79 Å². The van der Waals surface area contributed by atoms with Gasteiger partial charge in [0.05, 0.1) is 20.1 Å². The fraction of sp³-hybridized carbons (Fsp3) is 0.296. The lowest BCUT2D eigenvalue weighted by Gasteiger charge is -2.17. The lowest BCUT2D eigenvalue weighted by molar-refractivity contribution is -0.141. The topological polar surface area (TPSA) is 44.8 Å². The largest absolute Gasteiger partial charge is 0.492 e. The minimum Gasteiger partial charge on any atom is -0.492 e. The summed E-state index contributed by atoms with van der Waals surface area (Å²) < 4.78 is 17.1. The van der Waals surface area contributed by atoms with Crippen LogP contribution in [-0.2, 0) is 16.0 Å². The minimum absolute atomic E-state index is 0.0317. The van der Waals surface area contributed by atoms with Crippen molar-refractivity contribution >= 4 is 5.97 Å². The van der Waals surface area contributed by atoms with Crippen LogP contribution in [0.5, 0.6) is 11.5 Å². The number of aryl methyl sites for hydroxylation is 1. The van der Waals surface area contributed by atoms with E-state index in [1.54, 1.807) is 0 Å². The molecule has 0 spiro atoms. The Morgan fingerprint density at radius 3 is 2.71 bits per heavy atom. The lowest BCUT2D eigenvalue weighted by Crippen LogP contribution is -2.09. The quantitative estimate of drug-likeness (QED) is 0.498. The Morgan fingerprint density at radius 1 is 1.03 bits per heavy atom. The molecule has 4 heteroatoms. The van der Waals surface area contributed by atoms with E-state index in [2.05, 4.69) is 49.4 Å². The van der Waals surface area contributed by atoms with Crippen LogP contribution in [0, 0.1) is 6.92 Å². The standard InChI is InChI=1S/C27H26O4/c1-17-6-3-4-7-20(17)22-8-5-9-24-23(22)12-13-25(24)31-19-10-11-21-18(14-27(28)29-2)16-30-26(21)15-19/h3-11,15,18,25H,12-14,16H2,1-2H3. The van der Waals surface area contributed by atoms with Crippen LogP contribution in [0.4, 0.5) is 0 Å². The average molecular weight is 415 g/mol. The zero-order valence-corrected chi connectivity index (χ0v) is 17.9. The van der Waals surface area contributed by atoms with Crippen molar-refractivity contribution in [3.05, 3.63) is 82.9 Å². The molecule has 1 heterocycles. The van der Waals surface area contributed by atoms with E-state index in [-0.39, 0.29) is 18.0 Å². The van der Waals surface area contributed by atoms with Crippen LogP contribution >= 0.6 is 0 Å². The first-order chi connectivity index (χ1) is 15.1. The highest BCUT2D eigenvalue weighted by molar-refractivity contribution is 5.73. The summed E-state index contributed by atoms with van der Waals surface area (Å²) in [6.07, 6.45) is 2.33. The molecule has 31 heavy (non-hydrogen) atoms. The van der Waals surface area contributed by atoms with Gasteiger partial charge in [0, 0.05) is 17.5 Å². The van der Waals surface area contributed by atoms with Crippen LogP contribution in [0.25, 0.3) is 11.1 Å². The lowest BCUT2D eigenvalue weighted by atomic mass is 9.94. The van der Waals surface area contributed by atoms with Gasteiger partial charge in [0.25, 0.3) is 0 Å². The Hall–Kier alpha value is -3.27. The molecule has 5 rings (SSSR count). The summed E-state index contributed by atoms with van der Waals surface area (Å²) >= 11 is 0. The highest BCUT2D eigenvalue weighted by Gasteiger charge is 2.29. The van der Waals surface area contributed by atoms with E-state index in [0.29, 0.717) is 13.0 Å². The number of hydrogen-bond donors (Lipinski definition) is 0. The molecule has 0 aromatic heterocycles. The molecule has 2 atom stereocenters. The third kappa shape index (κ3) is 3.67. The maximum atomic E-state index is 11.6. The summed E-state index contributed by atoms with van der Waals surface area (Å²) in [6, 6.07) is 21.0. The number of benzene rings is 3. The molecule has 1 aliphatic heterocycles. The van der Waals surface area contributed by atoms with Gasteiger partial charge in [-0.15, -0.1) is 0 Å². The summed E-state index contributed by atoms with van der Waals surface area (Å²) in [4.78, 5) is 11.6. The van der Waals surface area contributed by atoms with Crippen LogP contribution in [-0.4, -0.2) is 19.7 Å². The van der Waals surface area contributed by atoms with Crippen LogP contribution in [0.2, 0.25) is 0 Å². The maximum Gasteiger partial charge on any atom is 0.306 e. The van der Waals surface area contributed by atoms with Crippen molar-refractivity contribution in [2.75, 3.05) is 13.7 Å². The first-order valence-corrected chi connectivity index (χ1v) is 10.8. The Bertz CT molecular complexity index is 1130. The van der Waals surface area contributed by atoms with E-state index in [1.807, 2.05) is 18.2 Å². The van der Waals surface area contributed by atoms with E-state index >= 15 is 0 Å². The molecule has 0 bridgehead atoms. The number of carbonyl (C=O) groups excluding carboxylic acids is 1. The second-order valence-electron chi connectivity index (χ2n) is 8.32. The molecular weight excluding hydrogens is 388 g/mol. The molecule has 0 fully saturated rings. The van der Waals surface area contributed by atoms with Crippen molar-refractivity contribution in [1.82, 2.24) is 0 Å². The summed E-state index contributed by atoms with van der Waals surface area (Å²) in [5, 5.41) is 0. The fourth-order valence-corrected chi connectivity index (χ4v) is 4.81. The number of ether oxygens (including phenoxy) is 3. The Labute approximate surface area is 182 Å². The number of methoxy groups -OCH3 is 1. The van der Waals surface area contributed by atoms with Crippen LogP contribution in [0.15, 0.2) is 60.7 Å². The van der Waals surface area contributed by atoms with E-state index < -0.39 is 0 Å². The number of hydrogen-bond acceptors (Lipinski definition) is 4. The highest BCUT2D eigenvalue weighted by atomic mass is 16.5. The zero-order chi connectivity index (χ0) is 21.4. The van der Waals surface area contributed by atoms with Crippen molar-refractivity contribution in [2.45, 2.75) is 38.2 Å². The van der Waals surface area contributed by atoms with Gasteiger partial charge in [0.2, 0.25) is 0 Å². The normalized spacial score (nSPS) is 18.8. The Morgan fingerprint density at radius 2 is 1.87 bits per heavy atom. The molecule has 0 saturated carbocycles. The first-order valence-electron chi connectivity index (χ1n) is 10.8. The predicted molar refractivity (Wildman–Crippen MR) is 120 cm³/mol. The average Bonchev–Trinajstić information content (AvgIpc) is 3.38. The van der Waals surface area contributed by atoms with E-state index in [0.717, 1.165) is 29.9 Å². The molecule has 3 aromatic carbocycles. The third-order valence-electron chi connectivity index (χ3n) is 6.43. The molecule has 0 radical (unpaired) electrons. The van der Waals surface area contributed by atoms with E-state index in [4.69, 9.17) is 14.2 Å². The van der Waals surface area contributed by atoms with Gasteiger partial charge in [-0.05, 0) is 53.6 Å². The molecule has 0 N–H and O–H groups in total. The molecule has 0 amide bonds. The highest BCUT2D eigenvalue weighted by Crippen LogP contribution is 2.43. The second-order valence-corrected chi connectivity index (χ2v) is 8.32. The van der Waals surface area contributed by atoms with Crippen LogP contribution < -0.4 is 9.47 Å². The second kappa shape index (κ2) is 8.10. The predicted octanol–water partition coefficient (Wildman–Crippen LogP) is 5.77. The SMILES string of the molecule is COC(=O)CC1COc2cc(OC3CCc4c(-c5ccccc5C)cccc43)ccc21. The molecule has 2 unspecified atom stereocenters. The summed E-state index contributed by atoms with van der Waals surface area (Å²) in [5.74, 6) is 1.43. The zero-order valence-electron chi connectivity index (χ0n) is 17.9. The number of fused-ring (bicyclic) bond motifs is 2. The molecule has 1 aliphatic carbocycles. The van der Waals surface area contributed by atoms with Crippen molar-refractivity contribution < 1.29 is 19.0 Å². The summed E-state index contributed by atoms with van der Waals surface area (Å²) in [6.45, 7) is 2.66. The monoisotopic (exact) mass is 414 g/mol. The summed E-state index contributed by atoms with van der Waals surface area (Å²) in [7, 11) is 1.42. The van der Waals surface area contributed by atoms with E-state index in [9.17, 15) is 4.79 Å². The van der Waals surface area contributed by atoms with Gasteiger partial charge in [-0.25, -0.2) is 0 Å². The van der Waals surface area contributed by atoms with Gasteiger partial charge in [0.15, 0.2) is 0 Å². The molecule has 0 saturated heterocycles. The van der Waals surface area contributed by atoms with Crippen molar-refractivity contribution in [3.8, 4) is 22.6 Å². The molecule has 3 aromatic rings. The summed E-state index contributed by atoms with van der Waals surface area (Å²) in [5.41, 5.74) is 7.60. The van der Waals surface area contributed by atoms with E-state index in [1.165, 1.54) is 34.9 Å². The minimum atomic E-state index is -0.214. The van der Waals surface area contributed by atoms with Crippen molar-refractivity contribution in [2.24, 2.45) is 0 Å². The van der Waals surface area contributed by atoms with Gasteiger partial charge in [-0.1, -0.05) is 48.5 Å². The molecule has 158 valence electrons. The Balaban J connectivity index is 1.38. The van der Waals surface area contributed by atoms with Crippen molar-refractivity contribution in [3.63, 3.8) is 0 Å². The van der Waals surface area contributed by atoms with Crippen molar-refractivity contribution in [1.29, 1.82) is 0 Å².